The number of hydrogen-bond donors (Lipinski definition) is 2. The third kappa shape index (κ3) is 4.02. The van der Waals surface area contributed by atoms with Crippen LogP contribution in [0.4, 0.5) is 24.5 Å². The fourth-order valence-corrected chi connectivity index (χ4v) is 1.80. The van der Waals surface area contributed by atoms with Crippen molar-refractivity contribution in [3.8, 4) is 0 Å². The van der Waals surface area contributed by atoms with Gasteiger partial charge in [0.25, 0.3) is 0 Å². The van der Waals surface area contributed by atoms with Gasteiger partial charge in [0.1, 0.15) is 6.54 Å². The second kappa shape index (κ2) is 6.47. The maximum absolute atomic E-state index is 12.6. The number of para-hydroxylation sites is 1. The molecule has 112 valence electrons. The van der Waals surface area contributed by atoms with Gasteiger partial charge in [-0.1, -0.05) is 6.07 Å². The molecule has 0 amide bonds. The molecule has 20 heavy (non-hydrogen) atoms. The van der Waals surface area contributed by atoms with Crippen LogP contribution in [0.15, 0.2) is 18.2 Å². The molecule has 0 atom stereocenters. The Hall–Kier alpha value is -1.96. The number of benzene rings is 1. The van der Waals surface area contributed by atoms with Crippen LogP contribution in [0, 0.1) is 0 Å². The summed E-state index contributed by atoms with van der Waals surface area (Å²) in [6.07, 6.45) is -4.50. The summed E-state index contributed by atoms with van der Waals surface area (Å²) in [6, 6.07) is 4.14. The number of aliphatic hydroxyl groups excluding tert-OH is 1. The molecule has 0 aliphatic carbocycles. The fraction of sp³-hybridized carbons (Fsp3) is 0.417. The minimum absolute atomic E-state index is 0.00519. The van der Waals surface area contributed by atoms with E-state index in [0.717, 1.165) is 12.0 Å². The third-order valence-corrected chi connectivity index (χ3v) is 2.53. The summed E-state index contributed by atoms with van der Waals surface area (Å²) >= 11 is 0. The molecule has 0 aromatic heterocycles. The molecule has 0 spiro atoms. The lowest BCUT2D eigenvalue weighted by molar-refractivity contribution is -0.119. The predicted molar refractivity (Wildman–Crippen MR) is 67.5 cm³/mol. The van der Waals surface area contributed by atoms with Crippen LogP contribution in [0.3, 0.4) is 0 Å². The maximum Gasteiger partial charge on any atom is 0.405 e. The lowest BCUT2D eigenvalue weighted by Gasteiger charge is -2.28. The van der Waals surface area contributed by atoms with Crippen LogP contribution in [-0.4, -0.2) is 44.1 Å². The molecular formula is C12H15F3N2O3. The highest BCUT2D eigenvalue weighted by Crippen LogP contribution is 2.31. The van der Waals surface area contributed by atoms with Gasteiger partial charge in [-0.15, -0.1) is 0 Å². The Labute approximate surface area is 113 Å². The first-order chi connectivity index (χ1) is 9.30. The molecule has 0 aliphatic rings. The zero-order valence-electron chi connectivity index (χ0n) is 10.8. The van der Waals surface area contributed by atoms with E-state index >= 15 is 0 Å². The monoisotopic (exact) mass is 292 g/mol. The second-order valence-corrected chi connectivity index (χ2v) is 4.00. The molecule has 3 N–H and O–H groups in total. The Kier molecular flexibility index (Phi) is 5.20. The van der Waals surface area contributed by atoms with Crippen molar-refractivity contribution in [1.82, 2.24) is 0 Å². The van der Waals surface area contributed by atoms with Gasteiger partial charge < -0.3 is 20.5 Å². The summed E-state index contributed by atoms with van der Waals surface area (Å²) in [5, 5.41) is 8.91. The zero-order chi connectivity index (χ0) is 15.3. The van der Waals surface area contributed by atoms with E-state index in [-0.39, 0.29) is 23.5 Å². The minimum atomic E-state index is -4.50. The lowest BCUT2D eigenvalue weighted by Crippen LogP contribution is -2.37. The summed E-state index contributed by atoms with van der Waals surface area (Å²) in [6.45, 7) is -2.14. The first-order valence-electron chi connectivity index (χ1n) is 5.69. The van der Waals surface area contributed by atoms with Crippen molar-refractivity contribution in [3.63, 3.8) is 0 Å². The Morgan fingerprint density at radius 1 is 1.45 bits per heavy atom. The van der Waals surface area contributed by atoms with E-state index < -0.39 is 25.3 Å². The Balaban J connectivity index is 3.27. The largest absolute Gasteiger partial charge is 0.465 e. The highest BCUT2D eigenvalue weighted by molar-refractivity contribution is 5.99. The number of nitrogen functional groups attached to an aromatic ring is 1. The summed E-state index contributed by atoms with van der Waals surface area (Å²) in [4.78, 5) is 12.4. The Morgan fingerprint density at radius 2 is 2.10 bits per heavy atom. The summed E-state index contributed by atoms with van der Waals surface area (Å²) in [7, 11) is 1.12. The topological polar surface area (TPSA) is 75.8 Å². The molecule has 0 saturated carbocycles. The Bertz CT molecular complexity index is 478. The number of esters is 1. The van der Waals surface area contributed by atoms with Crippen molar-refractivity contribution in [2.75, 3.05) is 37.4 Å². The summed E-state index contributed by atoms with van der Waals surface area (Å²) in [5.41, 5.74) is 5.50. The predicted octanol–water partition coefficient (Wildman–Crippen LogP) is 1.42. The molecule has 8 heteroatoms. The van der Waals surface area contributed by atoms with Crippen LogP contribution in [0.5, 0.6) is 0 Å². The number of halogens is 3. The van der Waals surface area contributed by atoms with E-state index in [1.165, 1.54) is 18.2 Å². The number of aliphatic hydroxyl groups is 1. The molecule has 0 saturated heterocycles. The molecule has 1 aromatic rings. The smallest absolute Gasteiger partial charge is 0.405 e. The molecule has 1 aromatic carbocycles. The summed E-state index contributed by atoms with van der Waals surface area (Å²) in [5.74, 6) is -0.794. The molecule has 0 heterocycles. The Morgan fingerprint density at radius 3 is 2.60 bits per heavy atom. The average molecular weight is 292 g/mol. The first-order valence-corrected chi connectivity index (χ1v) is 5.69. The van der Waals surface area contributed by atoms with Gasteiger partial charge in [-0.3, -0.25) is 0 Å². The van der Waals surface area contributed by atoms with Crippen molar-refractivity contribution < 1.29 is 27.8 Å². The van der Waals surface area contributed by atoms with Crippen molar-refractivity contribution in [2.24, 2.45) is 0 Å². The minimum Gasteiger partial charge on any atom is -0.465 e. The zero-order valence-corrected chi connectivity index (χ0v) is 10.8. The lowest BCUT2D eigenvalue weighted by atomic mass is 10.1. The van der Waals surface area contributed by atoms with E-state index in [4.69, 9.17) is 10.8 Å². The SMILES string of the molecule is COC(=O)c1cccc(N)c1N(CCO)CC(F)(F)F. The van der Waals surface area contributed by atoms with Gasteiger partial charge in [-0.2, -0.15) is 13.2 Å². The van der Waals surface area contributed by atoms with Crippen LogP contribution in [0.1, 0.15) is 10.4 Å². The average Bonchev–Trinajstić information content (AvgIpc) is 2.35. The second-order valence-electron chi connectivity index (χ2n) is 4.00. The van der Waals surface area contributed by atoms with Crippen molar-refractivity contribution >= 4 is 17.3 Å². The molecule has 0 radical (unpaired) electrons. The van der Waals surface area contributed by atoms with E-state index in [1.807, 2.05) is 0 Å². The highest BCUT2D eigenvalue weighted by Gasteiger charge is 2.33. The number of carbonyl (C=O) groups is 1. The van der Waals surface area contributed by atoms with E-state index in [9.17, 15) is 18.0 Å². The summed E-state index contributed by atoms with van der Waals surface area (Å²) < 4.78 is 42.3. The number of methoxy groups -OCH3 is 1. The number of hydrogen-bond acceptors (Lipinski definition) is 5. The number of rotatable bonds is 5. The molecule has 1 rings (SSSR count). The van der Waals surface area contributed by atoms with Crippen LogP contribution >= 0.6 is 0 Å². The molecule has 5 nitrogen and oxygen atoms in total. The van der Waals surface area contributed by atoms with E-state index in [2.05, 4.69) is 4.74 Å². The number of alkyl halides is 3. The number of ether oxygens (including phenoxy) is 1. The van der Waals surface area contributed by atoms with Gasteiger partial charge in [0.2, 0.25) is 0 Å². The van der Waals surface area contributed by atoms with Crippen LogP contribution in [0.2, 0.25) is 0 Å². The quantitative estimate of drug-likeness (QED) is 0.634. The van der Waals surface area contributed by atoms with Crippen LogP contribution < -0.4 is 10.6 Å². The third-order valence-electron chi connectivity index (χ3n) is 2.53. The van der Waals surface area contributed by atoms with Crippen molar-refractivity contribution in [3.05, 3.63) is 23.8 Å². The standard InChI is InChI=1S/C12H15F3N2O3/c1-20-11(19)8-3-2-4-9(16)10(8)17(5-6-18)7-12(13,14)15/h2-4,18H,5-7,16H2,1H3. The van der Waals surface area contributed by atoms with Gasteiger partial charge >= 0.3 is 12.1 Å². The number of carbonyl (C=O) groups excluding carboxylic acids is 1. The van der Waals surface area contributed by atoms with Gasteiger partial charge in [0.15, 0.2) is 0 Å². The highest BCUT2D eigenvalue weighted by atomic mass is 19.4. The van der Waals surface area contributed by atoms with Crippen LogP contribution in [0.25, 0.3) is 0 Å². The fourth-order valence-electron chi connectivity index (χ4n) is 1.80. The van der Waals surface area contributed by atoms with Crippen molar-refractivity contribution in [1.29, 1.82) is 0 Å². The normalized spacial score (nSPS) is 11.2. The van der Waals surface area contributed by atoms with Gasteiger partial charge in [0.05, 0.1) is 30.7 Å². The number of nitrogens with two attached hydrogens (primary N) is 1. The van der Waals surface area contributed by atoms with Gasteiger partial charge in [0, 0.05) is 6.54 Å². The van der Waals surface area contributed by atoms with E-state index in [1.54, 1.807) is 0 Å². The van der Waals surface area contributed by atoms with Gasteiger partial charge in [-0.25, -0.2) is 4.79 Å². The molecule has 0 fully saturated rings. The molecule has 0 bridgehead atoms. The molecular weight excluding hydrogens is 277 g/mol. The van der Waals surface area contributed by atoms with Crippen LogP contribution in [-0.2, 0) is 4.74 Å². The molecule has 0 aliphatic heterocycles. The maximum atomic E-state index is 12.6. The van der Waals surface area contributed by atoms with Crippen molar-refractivity contribution in [2.45, 2.75) is 6.18 Å². The first kappa shape index (κ1) is 16.1. The van der Waals surface area contributed by atoms with Gasteiger partial charge in [-0.05, 0) is 12.1 Å². The molecule has 0 unspecified atom stereocenters. The van der Waals surface area contributed by atoms with E-state index in [0.29, 0.717) is 0 Å². The number of nitrogens with zero attached hydrogens (tertiary/aromatic N) is 1. The number of anilines is 2.